The molecule has 3 aliphatic rings. The van der Waals surface area contributed by atoms with Crippen LogP contribution in [-0.4, -0.2) is 37.9 Å². The zero-order valence-electron chi connectivity index (χ0n) is 22.2. The molecule has 0 amide bonds. The summed E-state index contributed by atoms with van der Waals surface area (Å²) < 4.78 is 3.45. The molecule has 1 heterocycles. The lowest BCUT2D eigenvalue weighted by Gasteiger charge is -2.45. The van der Waals surface area contributed by atoms with E-state index in [-0.39, 0.29) is 40.9 Å². The fourth-order valence-electron chi connectivity index (χ4n) is 7.91. The molecule has 196 valence electrons. The van der Waals surface area contributed by atoms with Crippen LogP contribution in [0.4, 0.5) is 0 Å². The zero-order valence-corrected chi connectivity index (χ0v) is 22.2. The maximum absolute atomic E-state index is 13.8. The largest absolute Gasteiger partial charge is 0.336 e. The Balaban J connectivity index is 1.74. The molecule has 10 nitrogen and oxygen atoms in total. The average molecular weight is 500 g/mol. The molecule has 0 radical (unpaired) electrons. The van der Waals surface area contributed by atoms with Crippen molar-refractivity contribution in [3.63, 3.8) is 0 Å². The maximum Gasteiger partial charge on any atom is 0.336 e. The molecule has 0 bridgehead atoms. The van der Waals surface area contributed by atoms with E-state index < -0.39 is 22.5 Å². The second-order valence-electron chi connectivity index (χ2n) is 13.5. The van der Waals surface area contributed by atoms with Gasteiger partial charge in [0, 0.05) is 19.6 Å². The van der Waals surface area contributed by atoms with Gasteiger partial charge in [0.25, 0.3) is 0 Å². The number of hydrogen-bond acceptors (Lipinski definition) is 7. The highest BCUT2D eigenvalue weighted by Gasteiger charge is 2.61. The van der Waals surface area contributed by atoms with Crippen LogP contribution in [0, 0.1) is 21.7 Å². The summed E-state index contributed by atoms with van der Waals surface area (Å²) in [6, 6.07) is -0.768. The number of hydrogen-bond donors (Lipinski definition) is 0. The smallest absolute Gasteiger partial charge is 0.248 e. The fourth-order valence-corrected chi connectivity index (χ4v) is 7.91. The Morgan fingerprint density at radius 1 is 0.778 bits per heavy atom. The molecular weight excluding hydrogens is 462 g/mol. The molecule has 5 atom stereocenters. The Labute approximate surface area is 210 Å². The number of rotatable bonds is 5. The number of nitrogens with zero attached hydrogens (tertiary/aromatic N) is 5. The fraction of sp³-hybridized carbons (Fsp3) is 0.808. The lowest BCUT2D eigenvalue weighted by Crippen LogP contribution is -2.56. The first-order valence-corrected chi connectivity index (χ1v) is 12.7. The van der Waals surface area contributed by atoms with Crippen LogP contribution in [0.15, 0.2) is 24.4 Å². The summed E-state index contributed by atoms with van der Waals surface area (Å²) in [6.07, 6.45) is 8.17. The van der Waals surface area contributed by atoms with Crippen molar-refractivity contribution in [3.05, 3.63) is 31.5 Å². The third-order valence-electron chi connectivity index (χ3n) is 8.60. The molecule has 10 heteroatoms. The molecule has 5 unspecified atom stereocenters. The van der Waals surface area contributed by atoms with Crippen molar-refractivity contribution in [2.24, 2.45) is 38.7 Å². The molecular formula is C26H37N5O5. The highest BCUT2D eigenvalue weighted by Crippen LogP contribution is 2.67. The lowest BCUT2D eigenvalue weighted by molar-refractivity contribution is 0.0652. The Kier molecular flexibility index (Phi) is 6.29. The summed E-state index contributed by atoms with van der Waals surface area (Å²) in [5.74, 6) is 0. The number of carbonyl (C=O) groups excluding carboxylic acids is 2. The highest BCUT2D eigenvalue weighted by molar-refractivity contribution is 5.34. The first kappa shape index (κ1) is 26.2. The monoisotopic (exact) mass is 499 g/mol. The van der Waals surface area contributed by atoms with E-state index in [1.54, 1.807) is 12.2 Å². The summed E-state index contributed by atoms with van der Waals surface area (Å²) in [5.41, 5.74) is -2.86. The second-order valence-corrected chi connectivity index (χ2v) is 13.5. The minimum Gasteiger partial charge on any atom is -0.248 e. The molecule has 36 heavy (non-hydrogen) atoms. The van der Waals surface area contributed by atoms with E-state index in [1.165, 1.54) is 16.2 Å². The van der Waals surface area contributed by atoms with Crippen molar-refractivity contribution >= 4 is 12.2 Å². The number of isocyanates is 2. The van der Waals surface area contributed by atoms with Gasteiger partial charge in [0.05, 0.1) is 12.1 Å². The molecule has 3 saturated carbocycles. The van der Waals surface area contributed by atoms with Gasteiger partial charge in [-0.2, -0.15) is 0 Å². The normalized spacial score (nSPS) is 34.4. The van der Waals surface area contributed by atoms with E-state index in [4.69, 9.17) is 0 Å². The number of aliphatic imine (C=N–C) groups is 2. The van der Waals surface area contributed by atoms with E-state index in [0.717, 1.165) is 30.3 Å². The van der Waals surface area contributed by atoms with Crippen LogP contribution in [0.2, 0.25) is 0 Å². The van der Waals surface area contributed by atoms with Crippen molar-refractivity contribution in [2.75, 3.05) is 0 Å². The van der Waals surface area contributed by atoms with Gasteiger partial charge in [-0.05, 0) is 66.6 Å². The van der Waals surface area contributed by atoms with Crippen LogP contribution in [-0.2, 0) is 23.2 Å². The molecule has 1 aromatic heterocycles. The molecule has 0 aromatic carbocycles. The van der Waals surface area contributed by atoms with Crippen LogP contribution < -0.4 is 17.1 Å². The third-order valence-corrected chi connectivity index (χ3v) is 8.60. The summed E-state index contributed by atoms with van der Waals surface area (Å²) >= 11 is 0. The standard InChI is InChI=1S/C26H37N5O5/c1-23(2)7-17(27-15-32)9-25(5,12-23)14-30-20(34)29(6)21(35)31(22(30)36)19-11-26(19)10-18(28-16-33)8-24(3,4)13-26/h17-19H,7-14H2,1-6H3. The molecule has 0 N–H and O–H groups in total. The van der Waals surface area contributed by atoms with E-state index >= 15 is 0 Å². The van der Waals surface area contributed by atoms with Crippen LogP contribution >= 0.6 is 0 Å². The van der Waals surface area contributed by atoms with Gasteiger partial charge in [-0.1, -0.05) is 34.6 Å². The summed E-state index contributed by atoms with van der Waals surface area (Å²) in [6.45, 7) is 10.6. The van der Waals surface area contributed by atoms with Gasteiger partial charge in [0.15, 0.2) is 0 Å². The Morgan fingerprint density at radius 2 is 1.33 bits per heavy atom. The lowest BCUT2D eigenvalue weighted by atomic mass is 9.62. The van der Waals surface area contributed by atoms with Crippen molar-refractivity contribution in [3.8, 4) is 0 Å². The minimum absolute atomic E-state index is 0.101. The Bertz CT molecular complexity index is 1340. The summed E-state index contributed by atoms with van der Waals surface area (Å²) in [5, 5.41) is 0. The first-order valence-electron chi connectivity index (χ1n) is 12.7. The quantitative estimate of drug-likeness (QED) is 0.455. The van der Waals surface area contributed by atoms with Crippen molar-refractivity contribution in [1.29, 1.82) is 0 Å². The molecule has 1 spiro atoms. The first-order chi connectivity index (χ1) is 16.6. The second kappa shape index (κ2) is 8.63. The van der Waals surface area contributed by atoms with Crippen LogP contribution in [0.5, 0.6) is 0 Å². The van der Waals surface area contributed by atoms with Gasteiger partial charge in [0.2, 0.25) is 12.2 Å². The van der Waals surface area contributed by atoms with Crippen molar-refractivity contribution in [2.45, 2.75) is 104 Å². The molecule has 3 fully saturated rings. The SMILES string of the molecule is Cn1c(=O)n(CC2(C)CC(N=C=O)CC(C)(C)C2)c(=O)n(C2CC23CC(N=C=O)CC(C)(C)C3)c1=O. The highest BCUT2D eigenvalue weighted by atomic mass is 16.2. The molecule has 3 aliphatic carbocycles. The predicted molar refractivity (Wildman–Crippen MR) is 133 cm³/mol. The molecule has 0 aliphatic heterocycles. The van der Waals surface area contributed by atoms with Gasteiger partial charge in [-0.25, -0.2) is 47.7 Å². The van der Waals surface area contributed by atoms with Crippen LogP contribution in [0.25, 0.3) is 0 Å². The Hall–Kier alpha value is -2.83. The van der Waals surface area contributed by atoms with Gasteiger partial charge < -0.3 is 0 Å². The third kappa shape index (κ3) is 4.76. The number of aromatic nitrogens is 3. The van der Waals surface area contributed by atoms with E-state index in [9.17, 15) is 24.0 Å². The zero-order chi connectivity index (χ0) is 26.7. The van der Waals surface area contributed by atoms with Gasteiger partial charge >= 0.3 is 17.1 Å². The maximum atomic E-state index is 13.8. The topological polar surface area (TPSA) is 125 Å². The minimum atomic E-state index is -0.636. The van der Waals surface area contributed by atoms with E-state index in [0.29, 0.717) is 19.3 Å². The Morgan fingerprint density at radius 3 is 1.92 bits per heavy atom. The summed E-state index contributed by atoms with van der Waals surface area (Å²) in [4.78, 5) is 70.0. The predicted octanol–water partition coefficient (Wildman–Crippen LogP) is 2.48. The molecule has 1 aromatic rings. The van der Waals surface area contributed by atoms with E-state index in [1.807, 2.05) is 6.92 Å². The van der Waals surface area contributed by atoms with Crippen molar-refractivity contribution in [1.82, 2.24) is 13.7 Å². The van der Waals surface area contributed by atoms with E-state index in [2.05, 4.69) is 37.7 Å². The van der Waals surface area contributed by atoms with Crippen molar-refractivity contribution < 1.29 is 9.59 Å². The van der Waals surface area contributed by atoms with Gasteiger partial charge in [0.1, 0.15) is 0 Å². The molecule has 4 rings (SSSR count). The van der Waals surface area contributed by atoms with Crippen LogP contribution in [0.1, 0.15) is 85.6 Å². The summed E-state index contributed by atoms with van der Waals surface area (Å²) in [7, 11) is 1.41. The van der Waals surface area contributed by atoms with Gasteiger partial charge in [-0.15, -0.1) is 0 Å². The van der Waals surface area contributed by atoms with Gasteiger partial charge in [-0.3, -0.25) is 0 Å². The van der Waals surface area contributed by atoms with Crippen LogP contribution in [0.3, 0.4) is 0 Å². The average Bonchev–Trinajstić information content (AvgIpc) is 3.38. The molecule has 0 saturated heterocycles.